The van der Waals surface area contributed by atoms with E-state index in [1.807, 2.05) is 19.1 Å². The monoisotopic (exact) mass is 470 g/mol. The average Bonchev–Trinajstić information content (AvgIpc) is 3.17. The van der Waals surface area contributed by atoms with E-state index in [2.05, 4.69) is 25.1 Å². The van der Waals surface area contributed by atoms with Crippen LogP contribution in [0.25, 0.3) is 10.2 Å². The van der Waals surface area contributed by atoms with Gasteiger partial charge < -0.3 is 16.0 Å². The fourth-order valence-electron chi connectivity index (χ4n) is 3.95. The number of pyridine rings is 1. The van der Waals surface area contributed by atoms with Crippen molar-refractivity contribution in [2.24, 2.45) is 0 Å². The zero-order valence-corrected chi connectivity index (χ0v) is 19.4. The van der Waals surface area contributed by atoms with Crippen molar-refractivity contribution in [1.82, 2.24) is 30.9 Å². The molecular formula is C21H26N8O3S. The van der Waals surface area contributed by atoms with Crippen LogP contribution in [-0.2, 0) is 13.1 Å². The number of hydrogen-bond donors (Lipinski definition) is 3. The van der Waals surface area contributed by atoms with E-state index >= 15 is 0 Å². The minimum absolute atomic E-state index is 0. The first-order chi connectivity index (χ1) is 15.4. The standard InChI is InChI=1S/C21H23N7O3S.H3N/c1-3-28-20(30)18-16(25-21(28)31)10-14(32-18)11-26-6-8-27(9-7-26)17-5-4-15(24-13(17)2)19(29)23-12-22;/h4-5,10H,3,6-9,11H2,1-2H3,(H,23,29)(H,25,31);1H3. The van der Waals surface area contributed by atoms with Gasteiger partial charge in [-0.15, -0.1) is 11.3 Å². The Morgan fingerprint density at radius 1 is 1.27 bits per heavy atom. The van der Waals surface area contributed by atoms with Crippen molar-refractivity contribution in [3.8, 4) is 6.19 Å². The number of aromatic amines is 1. The molecule has 0 saturated carbocycles. The molecule has 3 aromatic heterocycles. The summed E-state index contributed by atoms with van der Waals surface area (Å²) in [6.07, 6.45) is 1.62. The van der Waals surface area contributed by atoms with Crippen LogP contribution in [0.2, 0.25) is 0 Å². The first-order valence-electron chi connectivity index (χ1n) is 10.3. The second-order valence-electron chi connectivity index (χ2n) is 7.57. The van der Waals surface area contributed by atoms with Crippen molar-refractivity contribution < 1.29 is 4.79 Å². The van der Waals surface area contributed by atoms with E-state index in [1.54, 1.807) is 19.2 Å². The Balaban J connectivity index is 0.00000306. The molecule has 5 N–H and O–H groups in total. The molecule has 11 nitrogen and oxygen atoms in total. The van der Waals surface area contributed by atoms with Crippen LogP contribution in [-0.4, -0.2) is 51.5 Å². The number of nitrogens with one attached hydrogen (secondary N) is 2. The zero-order chi connectivity index (χ0) is 22.8. The highest BCUT2D eigenvalue weighted by Crippen LogP contribution is 2.24. The molecular weight excluding hydrogens is 444 g/mol. The predicted octanol–water partition coefficient (Wildman–Crippen LogP) is 1.17. The molecule has 0 spiro atoms. The van der Waals surface area contributed by atoms with E-state index < -0.39 is 5.91 Å². The third-order valence-corrected chi connectivity index (χ3v) is 6.69. The number of nitrogens with zero attached hydrogens (tertiary/aromatic N) is 5. The molecule has 12 heteroatoms. The Kier molecular flexibility index (Phi) is 7.27. The number of rotatable bonds is 5. The van der Waals surface area contributed by atoms with Gasteiger partial charge in [-0.1, -0.05) is 0 Å². The lowest BCUT2D eigenvalue weighted by atomic mass is 10.2. The Morgan fingerprint density at radius 3 is 2.64 bits per heavy atom. The molecule has 4 rings (SSSR count). The number of thiophene rings is 1. The number of piperazine rings is 1. The van der Waals surface area contributed by atoms with E-state index in [-0.39, 0.29) is 23.1 Å². The summed E-state index contributed by atoms with van der Waals surface area (Å²) < 4.78 is 1.80. The fraction of sp³-hybridized carbons (Fsp3) is 0.381. The van der Waals surface area contributed by atoms with Crippen LogP contribution in [0.1, 0.15) is 28.0 Å². The van der Waals surface area contributed by atoms with Crippen LogP contribution in [0.15, 0.2) is 27.8 Å². The van der Waals surface area contributed by atoms with Crippen LogP contribution in [0.5, 0.6) is 0 Å². The molecule has 1 saturated heterocycles. The minimum Gasteiger partial charge on any atom is -0.368 e. The first kappa shape index (κ1) is 24.1. The van der Waals surface area contributed by atoms with Gasteiger partial charge in [-0.3, -0.25) is 24.4 Å². The molecule has 0 unspecified atom stereocenters. The largest absolute Gasteiger partial charge is 0.368 e. The summed E-state index contributed by atoms with van der Waals surface area (Å²) in [5.41, 5.74) is 1.93. The summed E-state index contributed by atoms with van der Waals surface area (Å²) in [4.78, 5) is 49.0. The van der Waals surface area contributed by atoms with Gasteiger partial charge in [-0.2, -0.15) is 5.26 Å². The molecule has 1 amide bonds. The Labute approximate surface area is 193 Å². The van der Waals surface area contributed by atoms with Gasteiger partial charge in [0.05, 0.1) is 16.9 Å². The van der Waals surface area contributed by atoms with E-state index in [0.29, 0.717) is 23.3 Å². The number of anilines is 1. The van der Waals surface area contributed by atoms with E-state index in [9.17, 15) is 14.4 Å². The third-order valence-electron chi connectivity index (χ3n) is 5.58. The van der Waals surface area contributed by atoms with Crippen LogP contribution in [0, 0.1) is 18.4 Å². The topological polar surface area (TPSA) is 162 Å². The highest BCUT2D eigenvalue weighted by Gasteiger charge is 2.21. The lowest BCUT2D eigenvalue weighted by molar-refractivity contribution is 0.0968. The van der Waals surface area contributed by atoms with Crippen molar-refractivity contribution in [3.05, 3.63) is 55.3 Å². The number of H-pyrrole nitrogens is 1. The maximum Gasteiger partial charge on any atom is 0.328 e. The highest BCUT2D eigenvalue weighted by molar-refractivity contribution is 7.18. The van der Waals surface area contributed by atoms with Crippen LogP contribution < -0.4 is 27.6 Å². The van der Waals surface area contributed by atoms with Gasteiger partial charge in [0.2, 0.25) is 0 Å². The Morgan fingerprint density at radius 2 is 2.00 bits per heavy atom. The summed E-state index contributed by atoms with van der Waals surface area (Å²) in [6, 6.07) is 5.39. The number of aromatic nitrogens is 3. The molecule has 1 aliphatic rings. The number of carbonyl (C=O) groups is 1. The SMILES string of the molecule is CCn1c(=O)[nH]c2cc(CN3CCN(c4ccc(C(=O)NC#N)nc4C)CC3)sc2c1=O.N. The molecule has 3 aromatic rings. The molecule has 1 aliphatic heterocycles. The van der Waals surface area contributed by atoms with E-state index in [0.717, 1.165) is 42.4 Å². The highest BCUT2D eigenvalue weighted by atomic mass is 32.1. The smallest absolute Gasteiger partial charge is 0.328 e. The molecule has 0 atom stereocenters. The van der Waals surface area contributed by atoms with Gasteiger partial charge in [0, 0.05) is 44.1 Å². The van der Waals surface area contributed by atoms with Crippen molar-refractivity contribution in [3.63, 3.8) is 0 Å². The summed E-state index contributed by atoms with van der Waals surface area (Å²) in [6.45, 7) is 7.96. The second-order valence-corrected chi connectivity index (χ2v) is 8.70. The summed E-state index contributed by atoms with van der Waals surface area (Å²) in [7, 11) is 0. The third kappa shape index (κ3) is 4.80. The van der Waals surface area contributed by atoms with Gasteiger partial charge in [0.1, 0.15) is 10.4 Å². The van der Waals surface area contributed by atoms with Gasteiger partial charge >= 0.3 is 5.69 Å². The first-order valence-corrected chi connectivity index (χ1v) is 11.1. The molecule has 0 radical (unpaired) electrons. The molecule has 174 valence electrons. The number of fused-ring (bicyclic) bond motifs is 1. The van der Waals surface area contributed by atoms with Gasteiger partial charge in [-0.25, -0.2) is 9.78 Å². The lowest BCUT2D eigenvalue weighted by Crippen LogP contribution is -2.46. The average molecular weight is 471 g/mol. The number of amides is 1. The van der Waals surface area contributed by atoms with Gasteiger partial charge in [0.25, 0.3) is 11.5 Å². The summed E-state index contributed by atoms with van der Waals surface area (Å²) >= 11 is 1.43. The lowest BCUT2D eigenvalue weighted by Gasteiger charge is -2.36. The van der Waals surface area contributed by atoms with Gasteiger partial charge in [-0.05, 0) is 32.0 Å². The van der Waals surface area contributed by atoms with Crippen LogP contribution in [0.3, 0.4) is 0 Å². The number of nitriles is 1. The van der Waals surface area contributed by atoms with Crippen molar-refractivity contribution in [2.45, 2.75) is 26.9 Å². The van der Waals surface area contributed by atoms with Gasteiger partial charge in [0.15, 0.2) is 6.19 Å². The van der Waals surface area contributed by atoms with Crippen LogP contribution in [0.4, 0.5) is 5.69 Å². The minimum atomic E-state index is -0.512. The maximum atomic E-state index is 12.5. The van der Waals surface area contributed by atoms with Crippen molar-refractivity contribution in [2.75, 3.05) is 31.1 Å². The maximum absolute atomic E-state index is 12.5. The summed E-state index contributed by atoms with van der Waals surface area (Å²) in [5, 5.41) is 10.7. The molecule has 0 bridgehead atoms. The van der Waals surface area contributed by atoms with E-state index in [1.165, 1.54) is 15.9 Å². The van der Waals surface area contributed by atoms with Crippen molar-refractivity contribution >= 4 is 33.1 Å². The quantitative estimate of drug-likeness (QED) is 0.370. The molecule has 0 aromatic carbocycles. The zero-order valence-electron chi connectivity index (χ0n) is 18.6. The fourth-order valence-corrected chi connectivity index (χ4v) is 5.06. The molecule has 4 heterocycles. The normalized spacial score (nSPS) is 14.0. The molecule has 0 aliphatic carbocycles. The Bertz CT molecular complexity index is 1330. The second kappa shape index (κ2) is 9.95. The number of carbonyl (C=O) groups excluding carboxylic acids is 1. The predicted molar refractivity (Wildman–Crippen MR) is 127 cm³/mol. The molecule has 33 heavy (non-hydrogen) atoms. The van der Waals surface area contributed by atoms with Crippen molar-refractivity contribution in [1.29, 1.82) is 5.26 Å². The number of hydrogen-bond acceptors (Lipinski definition) is 9. The molecule has 1 fully saturated rings. The number of aryl methyl sites for hydroxylation is 1. The summed E-state index contributed by atoms with van der Waals surface area (Å²) in [5.74, 6) is -0.512. The van der Waals surface area contributed by atoms with E-state index in [4.69, 9.17) is 5.26 Å². The van der Waals surface area contributed by atoms with Crippen LogP contribution >= 0.6 is 11.3 Å². The Hall–Kier alpha value is -3.53.